The van der Waals surface area contributed by atoms with Gasteiger partial charge in [-0.2, -0.15) is 0 Å². The van der Waals surface area contributed by atoms with Crippen molar-refractivity contribution in [3.05, 3.63) is 152 Å². The average molecular weight is 688 g/mol. The van der Waals surface area contributed by atoms with Crippen molar-refractivity contribution >= 4 is 85.0 Å². The molecule has 0 saturated carbocycles. The van der Waals surface area contributed by atoms with Gasteiger partial charge in [-0.3, -0.25) is 0 Å². The van der Waals surface area contributed by atoms with Crippen LogP contribution in [0.2, 0.25) is 0 Å². The standard InChI is InChI=1S/C45H25N3OS2/c1-2-10-26(11-3-1)43-46-44(48-45(47-43)36-17-9-16-35-31-13-5-7-19-38(31)51-42(35)36)28-21-23-33-32-22-20-27(24-39(32)50-40(33)25-28)29-14-8-15-34-30-12-4-6-18-37(30)49-41(29)34/h1-25H. The normalized spacial score (nSPS) is 11.9. The third-order valence-electron chi connectivity index (χ3n) is 9.76. The summed E-state index contributed by atoms with van der Waals surface area (Å²) in [5, 5.41) is 7.21. The molecule has 0 radical (unpaired) electrons. The van der Waals surface area contributed by atoms with Gasteiger partial charge in [-0.25, -0.2) is 15.0 Å². The van der Waals surface area contributed by atoms with Crippen LogP contribution in [-0.4, -0.2) is 15.0 Å². The van der Waals surface area contributed by atoms with Gasteiger partial charge in [0.2, 0.25) is 0 Å². The van der Waals surface area contributed by atoms with Crippen LogP contribution in [0.15, 0.2) is 156 Å². The maximum absolute atomic E-state index is 6.38. The first kappa shape index (κ1) is 28.6. The molecule has 0 fully saturated rings. The van der Waals surface area contributed by atoms with Crippen LogP contribution >= 0.6 is 22.7 Å². The lowest BCUT2D eigenvalue weighted by atomic mass is 10.0. The summed E-state index contributed by atoms with van der Waals surface area (Å²) in [7, 11) is 0. The first-order chi connectivity index (χ1) is 25.2. The van der Waals surface area contributed by atoms with Crippen LogP contribution in [0.25, 0.3) is 108 Å². The number of furan rings is 1. The van der Waals surface area contributed by atoms with Crippen molar-refractivity contribution < 1.29 is 4.42 Å². The first-order valence-electron chi connectivity index (χ1n) is 16.8. The molecular formula is C45H25N3OS2. The topological polar surface area (TPSA) is 51.8 Å². The highest BCUT2D eigenvalue weighted by Gasteiger charge is 2.18. The Kier molecular flexibility index (Phi) is 6.26. The monoisotopic (exact) mass is 687 g/mol. The largest absolute Gasteiger partial charge is 0.455 e. The molecular weight excluding hydrogens is 663 g/mol. The molecule has 7 aromatic carbocycles. The van der Waals surface area contributed by atoms with Gasteiger partial charge in [0.15, 0.2) is 17.5 Å². The number of aromatic nitrogens is 3. The Morgan fingerprint density at radius 3 is 1.82 bits per heavy atom. The molecule has 6 heteroatoms. The van der Waals surface area contributed by atoms with E-state index in [2.05, 4.69) is 121 Å². The number of para-hydroxylation sites is 2. The highest BCUT2D eigenvalue weighted by molar-refractivity contribution is 7.26. The zero-order chi connectivity index (χ0) is 33.5. The molecule has 4 heterocycles. The second-order valence-corrected chi connectivity index (χ2v) is 14.9. The molecule has 11 aromatic rings. The Bertz CT molecular complexity index is 3160. The predicted octanol–water partition coefficient (Wildman–Crippen LogP) is 13.2. The minimum atomic E-state index is 0.661. The van der Waals surface area contributed by atoms with Crippen molar-refractivity contribution in [3.8, 4) is 45.3 Å². The van der Waals surface area contributed by atoms with E-state index in [4.69, 9.17) is 19.4 Å². The molecule has 0 saturated heterocycles. The zero-order valence-electron chi connectivity index (χ0n) is 27.0. The van der Waals surface area contributed by atoms with Crippen LogP contribution in [0.3, 0.4) is 0 Å². The van der Waals surface area contributed by atoms with Crippen molar-refractivity contribution in [2.45, 2.75) is 0 Å². The smallest absolute Gasteiger partial charge is 0.165 e. The summed E-state index contributed by atoms with van der Waals surface area (Å²) in [5.41, 5.74) is 7.02. The lowest BCUT2D eigenvalue weighted by Crippen LogP contribution is -2.00. The Labute approximate surface area is 299 Å². The second-order valence-electron chi connectivity index (χ2n) is 12.8. The molecule has 0 aliphatic carbocycles. The molecule has 0 unspecified atom stereocenters. The van der Waals surface area contributed by atoms with Crippen LogP contribution in [0.5, 0.6) is 0 Å². The van der Waals surface area contributed by atoms with E-state index in [1.807, 2.05) is 30.3 Å². The van der Waals surface area contributed by atoms with Crippen LogP contribution in [0.1, 0.15) is 0 Å². The lowest BCUT2D eigenvalue weighted by molar-refractivity contribution is 0.670. The maximum atomic E-state index is 6.38. The lowest BCUT2D eigenvalue weighted by Gasteiger charge is -2.09. The molecule has 0 atom stereocenters. The van der Waals surface area contributed by atoms with Crippen molar-refractivity contribution in [2.75, 3.05) is 0 Å². The van der Waals surface area contributed by atoms with Crippen LogP contribution in [0, 0.1) is 0 Å². The summed E-state index contributed by atoms with van der Waals surface area (Å²) in [5.74, 6) is 2.00. The molecule has 11 rings (SSSR count). The minimum absolute atomic E-state index is 0.661. The summed E-state index contributed by atoms with van der Waals surface area (Å²) in [6.07, 6.45) is 0. The number of benzene rings is 7. The SMILES string of the molecule is c1ccc(-c2nc(-c3ccc4c(c3)sc3cc(-c5cccc6c5oc5ccccc56)ccc34)nc(-c3cccc4c3sc3ccccc34)n2)cc1. The van der Waals surface area contributed by atoms with Gasteiger partial charge in [-0.15, -0.1) is 22.7 Å². The summed E-state index contributed by atoms with van der Waals surface area (Å²) in [4.78, 5) is 15.3. The maximum Gasteiger partial charge on any atom is 0.165 e. The van der Waals surface area contributed by atoms with Gasteiger partial charge in [0, 0.05) is 73.4 Å². The van der Waals surface area contributed by atoms with E-state index in [-0.39, 0.29) is 0 Å². The number of hydrogen-bond acceptors (Lipinski definition) is 6. The van der Waals surface area contributed by atoms with E-state index in [0.717, 1.165) is 49.8 Å². The van der Waals surface area contributed by atoms with Gasteiger partial charge in [0.1, 0.15) is 11.2 Å². The molecule has 0 spiro atoms. The predicted molar refractivity (Wildman–Crippen MR) is 215 cm³/mol. The molecule has 238 valence electrons. The number of hydrogen-bond donors (Lipinski definition) is 0. The van der Waals surface area contributed by atoms with Gasteiger partial charge in [-0.1, -0.05) is 121 Å². The number of fused-ring (bicyclic) bond motifs is 9. The van der Waals surface area contributed by atoms with E-state index in [0.29, 0.717) is 17.5 Å². The third kappa shape index (κ3) is 4.54. The van der Waals surface area contributed by atoms with Crippen LogP contribution in [-0.2, 0) is 0 Å². The minimum Gasteiger partial charge on any atom is -0.455 e. The molecule has 0 aliphatic heterocycles. The van der Waals surface area contributed by atoms with Gasteiger partial charge in [-0.05, 0) is 35.9 Å². The molecule has 0 aliphatic rings. The Morgan fingerprint density at radius 2 is 0.980 bits per heavy atom. The van der Waals surface area contributed by atoms with E-state index in [1.165, 1.54) is 40.3 Å². The zero-order valence-corrected chi connectivity index (χ0v) is 28.6. The fourth-order valence-corrected chi connectivity index (χ4v) is 9.72. The van der Waals surface area contributed by atoms with Crippen molar-refractivity contribution in [1.82, 2.24) is 15.0 Å². The number of rotatable bonds is 4. The van der Waals surface area contributed by atoms with E-state index >= 15 is 0 Å². The number of thiophene rings is 2. The third-order valence-corrected chi connectivity index (χ3v) is 12.1. The van der Waals surface area contributed by atoms with Crippen molar-refractivity contribution in [2.24, 2.45) is 0 Å². The van der Waals surface area contributed by atoms with Crippen LogP contribution in [0.4, 0.5) is 0 Å². The van der Waals surface area contributed by atoms with Crippen molar-refractivity contribution in [3.63, 3.8) is 0 Å². The second kappa shape index (κ2) is 11.2. The highest BCUT2D eigenvalue weighted by Crippen LogP contribution is 2.42. The molecule has 51 heavy (non-hydrogen) atoms. The first-order valence-corrected chi connectivity index (χ1v) is 18.5. The fourth-order valence-electron chi connectivity index (χ4n) is 7.32. The van der Waals surface area contributed by atoms with Gasteiger partial charge >= 0.3 is 0 Å². The molecule has 0 N–H and O–H groups in total. The van der Waals surface area contributed by atoms with Gasteiger partial charge in [0.25, 0.3) is 0 Å². The van der Waals surface area contributed by atoms with E-state index < -0.39 is 0 Å². The summed E-state index contributed by atoms with van der Waals surface area (Å²) < 4.78 is 11.2. The summed E-state index contributed by atoms with van der Waals surface area (Å²) in [6, 6.07) is 53.2. The van der Waals surface area contributed by atoms with E-state index in [9.17, 15) is 0 Å². The molecule has 4 aromatic heterocycles. The average Bonchev–Trinajstić information content (AvgIpc) is 3.88. The molecule has 0 amide bonds. The highest BCUT2D eigenvalue weighted by atomic mass is 32.1. The number of nitrogens with zero attached hydrogens (tertiary/aromatic N) is 3. The molecule has 0 bridgehead atoms. The Balaban J connectivity index is 1.06. The van der Waals surface area contributed by atoms with Crippen molar-refractivity contribution in [1.29, 1.82) is 0 Å². The molecule has 4 nitrogen and oxygen atoms in total. The van der Waals surface area contributed by atoms with Gasteiger partial charge in [0.05, 0.1) is 0 Å². The van der Waals surface area contributed by atoms with Gasteiger partial charge < -0.3 is 4.42 Å². The fraction of sp³-hybridized carbons (Fsp3) is 0. The van der Waals surface area contributed by atoms with E-state index in [1.54, 1.807) is 22.7 Å². The van der Waals surface area contributed by atoms with Crippen LogP contribution < -0.4 is 0 Å². The summed E-state index contributed by atoms with van der Waals surface area (Å²) >= 11 is 3.58. The Morgan fingerprint density at radius 1 is 0.373 bits per heavy atom. The quantitative estimate of drug-likeness (QED) is 0.185. The summed E-state index contributed by atoms with van der Waals surface area (Å²) in [6.45, 7) is 0. The Hall–Kier alpha value is -6.21.